The fourth-order valence-electron chi connectivity index (χ4n) is 2.25. The summed E-state index contributed by atoms with van der Waals surface area (Å²) in [4.78, 5) is 11.8. The number of unbranched alkanes of at least 4 members (excludes halogenated alkanes) is 1. The molecule has 3 nitrogen and oxygen atoms in total. The smallest absolute Gasteiger partial charge is 0.307 e. The lowest BCUT2D eigenvalue weighted by atomic mass is 10.0. The first-order chi connectivity index (χ1) is 10.2. The third-order valence-electron chi connectivity index (χ3n) is 3.81. The first-order valence-electron chi connectivity index (χ1n) is 8.12. The summed E-state index contributed by atoms with van der Waals surface area (Å²) in [6.45, 7) is 7.60. The fourth-order valence-corrected chi connectivity index (χ4v) is 2.25. The summed E-state index contributed by atoms with van der Waals surface area (Å²) in [6.07, 6.45) is 5.06. The Morgan fingerprint density at radius 3 is 2.71 bits per heavy atom. The second-order valence-electron chi connectivity index (χ2n) is 5.59. The molecule has 1 unspecified atom stereocenters. The van der Waals surface area contributed by atoms with Gasteiger partial charge in [0.1, 0.15) is 0 Å². The van der Waals surface area contributed by atoms with Crippen LogP contribution in [0.2, 0.25) is 0 Å². The number of ether oxygens (including phenoxy) is 1. The molecule has 0 bridgehead atoms. The summed E-state index contributed by atoms with van der Waals surface area (Å²) >= 11 is 0. The van der Waals surface area contributed by atoms with E-state index >= 15 is 0 Å². The Bertz CT molecular complexity index is 417. The Morgan fingerprint density at radius 2 is 2.05 bits per heavy atom. The van der Waals surface area contributed by atoms with E-state index in [2.05, 4.69) is 32.2 Å². The highest BCUT2D eigenvalue weighted by atomic mass is 16.5. The van der Waals surface area contributed by atoms with Crippen LogP contribution in [0.5, 0.6) is 0 Å². The third kappa shape index (κ3) is 7.16. The normalized spacial score (nSPS) is 12.0. The molecule has 3 heteroatoms. The lowest BCUT2D eigenvalue weighted by Crippen LogP contribution is -2.16. The molecule has 1 aromatic rings. The maximum absolute atomic E-state index is 11.8. The summed E-state index contributed by atoms with van der Waals surface area (Å²) in [5.74, 6) is 0.407. The summed E-state index contributed by atoms with van der Waals surface area (Å²) in [6, 6.07) is 8.09. The number of hydrogen-bond acceptors (Lipinski definition) is 3. The first-order valence-corrected chi connectivity index (χ1v) is 8.12. The number of aryl methyl sites for hydroxylation is 1. The van der Waals surface area contributed by atoms with Gasteiger partial charge in [0, 0.05) is 12.2 Å². The van der Waals surface area contributed by atoms with E-state index in [0.29, 0.717) is 25.5 Å². The largest absolute Gasteiger partial charge is 0.465 e. The summed E-state index contributed by atoms with van der Waals surface area (Å²) in [5.41, 5.74) is 2.27. The zero-order valence-electron chi connectivity index (χ0n) is 13.7. The summed E-state index contributed by atoms with van der Waals surface area (Å²) in [5, 5.41) is 3.28. The zero-order chi connectivity index (χ0) is 15.5. The highest BCUT2D eigenvalue weighted by molar-refractivity contribution is 5.70. The molecule has 1 rings (SSSR count). The van der Waals surface area contributed by atoms with E-state index in [0.717, 1.165) is 18.5 Å². The van der Waals surface area contributed by atoms with Gasteiger partial charge in [-0.25, -0.2) is 0 Å². The zero-order valence-corrected chi connectivity index (χ0v) is 13.7. The van der Waals surface area contributed by atoms with Crippen LogP contribution in [0.3, 0.4) is 0 Å². The van der Waals surface area contributed by atoms with Crippen molar-refractivity contribution in [2.45, 2.75) is 52.9 Å². The van der Waals surface area contributed by atoms with Gasteiger partial charge in [0.2, 0.25) is 0 Å². The van der Waals surface area contributed by atoms with Gasteiger partial charge >= 0.3 is 5.97 Å². The Morgan fingerprint density at radius 1 is 1.29 bits per heavy atom. The Labute approximate surface area is 129 Å². The van der Waals surface area contributed by atoms with Crippen LogP contribution in [-0.2, 0) is 9.53 Å². The predicted octanol–water partition coefficient (Wildman–Crippen LogP) is 4.56. The van der Waals surface area contributed by atoms with Gasteiger partial charge in [0.05, 0.1) is 13.0 Å². The molecule has 0 aliphatic carbocycles. The van der Waals surface area contributed by atoms with Gasteiger partial charge in [0.25, 0.3) is 0 Å². The van der Waals surface area contributed by atoms with Gasteiger partial charge in [-0.3, -0.25) is 4.79 Å². The Balaban J connectivity index is 2.20. The molecule has 0 radical (unpaired) electrons. The lowest BCUT2D eigenvalue weighted by Gasteiger charge is -2.15. The molecule has 1 N–H and O–H groups in total. The van der Waals surface area contributed by atoms with Crippen LogP contribution in [-0.4, -0.2) is 19.1 Å². The van der Waals surface area contributed by atoms with Crippen LogP contribution in [0.1, 0.15) is 51.5 Å². The minimum Gasteiger partial charge on any atom is -0.465 e. The van der Waals surface area contributed by atoms with Crippen molar-refractivity contribution in [2.75, 3.05) is 18.5 Å². The van der Waals surface area contributed by atoms with Crippen LogP contribution in [0, 0.1) is 12.8 Å². The van der Waals surface area contributed by atoms with E-state index < -0.39 is 0 Å². The van der Waals surface area contributed by atoms with Crippen molar-refractivity contribution in [2.24, 2.45) is 5.92 Å². The van der Waals surface area contributed by atoms with Crippen molar-refractivity contribution >= 4 is 11.7 Å². The van der Waals surface area contributed by atoms with Crippen molar-refractivity contribution in [1.82, 2.24) is 0 Å². The average Bonchev–Trinajstić information content (AvgIpc) is 2.49. The predicted molar refractivity (Wildman–Crippen MR) is 88.6 cm³/mol. The van der Waals surface area contributed by atoms with Crippen molar-refractivity contribution in [1.29, 1.82) is 0 Å². The maximum Gasteiger partial charge on any atom is 0.307 e. The number of benzene rings is 1. The summed E-state index contributed by atoms with van der Waals surface area (Å²) < 4.78 is 5.38. The molecule has 21 heavy (non-hydrogen) atoms. The van der Waals surface area contributed by atoms with Gasteiger partial charge in [-0.1, -0.05) is 51.3 Å². The molecule has 0 amide bonds. The second kappa shape index (κ2) is 10.3. The highest BCUT2D eigenvalue weighted by Gasteiger charge is 2.09. The van der Waals surface area contributed by atoms with Gasteiger partial charge < -0.3 is 10.1 Å². The van der Waals surface area contributed by atoms with Crippen molar-refractivity contribution in [3.8, 4) is 0 Å². The van der Waals surface area contributed by atoms with Crippen LogP contribution in [0.4, 0.5) is 5.69 Å². The minimum absolute atomic E-state index is 0.106. The van der Waals surface area contributed by atoms with E-state index in [9.17, 15) is 4.79 Å². The van der Waals surface area contributed by atoms with E-state index in [1.165, 1.54) is 18.4 Å². The number of anilines is 1. The Hall–Kier alpha value is -1.51. The number of carbonyl (C=O) groups excluding carboxylic acids is 1. The SMILES string of the molecule is CCCCC(CC)COC(=O)CCNc1ccccc1C. The fraction of sp³-hybridized carbons (Fsp3) is 0.611. The van der Waals surface area contributed by atoms with Crippen molar-refractivity contribution in [3.63, 3.8) is 0 Å². The van der Waals surface area contributed by atoms with Crippen LogP contribution in [0.25, 0.3) is 0 Å². The van der Waals surface area contributed by atoms with Gasteiger partial charge in [0.15, 0.2) is 0 Å². The van der Waals surface area contributed by atoms with Gasteiger partial charge in [-0.2, -0.15) is 0 Å². The summed E-state index contributed by atoms with van der Waals surface area (Å²) in [7, 11) is 0. The number of carbonyl (C=O) groups is 1. The van der Waals surface area contributed by atoms with Crippen molar-refractivity contribution in [3.05, 3.63) is 29.8 Å². The minimum atomic E-state index is -0.106. The average molecular weight is 291 g/mol. The molecular weight excluding hydrogens is 262 g/mol. The third-order valence-corrected chi connectivity index (χ3v) is 3.81. The topological polar surface area (TPSA) is 38.3 Å². The molecule has 0 saturated carbocycles. The molecule has 0 aliphatic rings. The Kier molecular flexibility index (Phi) is 8.56. The highest BCUT2D eigenvalue weighted by Crippen LogP contribution is 2.14. The van der Waals surface area contributed by atoms with E-state index in [-0.39, 0.29) is 5.97 Å². The molecule has 1 aromatic carbocycles. The van der Waals surface area contributed by atoms with Crippen LogP contribution in [0.15, 0.2) is 24.3 Å². The van der Waals surface area contributed by atoms with Crippen LogP contribution < -0.4 is 5.32 Å². The molecule has 0 aliphatic heterocycles. The number of para-hydroxylation sites is 1. The van der Waals surface area contributed by atoms with Gasteiger partial charge in [-0.05, 0) is 30.9 Å². The quantitative estimate of drug-likeness (QED) is 0.642. The first kappa shape index (κ1) is 17.5. The number of nitrogens with one attached hydrogen (secondary N) is 1. The molecule has 0 saturated heterocycles. The van der Waals surface area contributed by atoms with E-state index in [1.54, 1.807) is 0 Å². The molecule has 118 valence electrons. The van der Waals surface area contributed by atoms with E-state index in [4.69, 9.17) is 4.74 Å². The molecule has 0 aromatic heterocycles. The monoisotopic (exact) mass is 291 g/mol. The lowest BCUT2D eigenvalue weighted by molar-refractivity contribution is -0.144. The molecule has 0 heterocycles. The number of rotatable bonds is 10. The van der Waals surface area contributed by atoms with E-state index in [1.807, 2.05) is 18.2 Å². The molecule has 1 atom stereocenters. The maximum atomic E-state index is 11.8. The second-order valence-corrected chi connectivity index (χ2v) is 5.59. The molecular formula is C18H29NO2. The molecule has 0 fully saturated rings. The number of esters is 1. The van der Waals surface area contributed by atoms with Gasteiger partial charge in [-0.15, -0.1) is 0 Å². The van der Waals surface area contributed by atoms with Crippen molar-refractivity contribution < 1.29 is 9.53 Å². The number of hydrogen-bond donors (Lipinski definition) is 1. The standard InChI is InChI=1S/C18H29NO2/c1-4-6-10-16(5-2)14-21-18(20)12-13-19-17-11-8-7-9-15(17)3/h7-9,11,16,19H,4-6,10,12-14H2,1-3H3. The molecule has 0 spiro atoms. The van der Waals surface area contributed by atoms with Crippen LogP contribution >= 0.6 is 0 Å².